The number of carbonyl (C=O) groups is 2. The standard InChI is InChI=1S/C5H6Cl2O3/c6-2-4(8)3(7)1-5(9)10/h3H,1-2H2,(H,9,10). The van der Waals surface area contributed by atoms with Crippen LogP contribution in [0.3, 0.4) is 0 Å². The maximum absolute atomic E-state index is 10.5. The number of aliphatic carboxylic acids is 1. The topological polar surface area (TPSA) is 54.4 Å². The van der Waals surface area contributed by atoms with Crippen LogP contribution in [0.4, 0.5) is 0 Å². The fraction of sp³-hybridized carbons (Fsp3) is 0.600. The number of rotatable bonds is 4. The van der Waals surface area contributed by atoms with E-state index >= 15 is 0 Å². The minimum absolute atomic E-state index is 0.235. The molecule has 3 nitrogen and oxygen atoms in total. The molecule has 0 aromatic carbocycles. The van der Waals surface area contributed by atoms with E-state index in [2.05, 4.69) is 0 Å². The number of alkyl halides is 2. The van der Waals surface area contributed by atoms with Crippen molar-refractivity contribution in [1.82, 2.24) is 0 Å². The summed E-state index contributed by atoms with van der Waals surface area (Å²) < 4.78 is 0. The van der Waals surface area contributed by atoms with Gasteiger partial charge in [0.25, 0.3) is 0 Å². The molecule has 1 atom stereocenters. The van der Waals surface area contributed by atoms with E-state index in [-0.39, 0.29) is 12.3 Å². The van der Waals surface area contributed by atoms with Crippen LogP contribution in [0.1, 0.15) is 6.42 Å². The molecule has 0 fully saturated rings. The highest BCUT2D eigenvalue weighted by atomic mass is 35.5. The molecule has 0 aromatic rings. The smallest absolute Gasteiger partial charge is 0.305 e. The van der Waals surface area contributed by atoms with Gasteiger partial charge in [0.05, 0.1) is 12.3 Å². The summed E-state index contributed by atoms with van der Waals surface area (Å²) in [6, 6.07) is 0. The largest absolute Gasteiger partial charge is 0.481 e. The van der Waals surface area contributed by atoms with Crippen molar-refractivity contribution in [1.29, 1.82) is 0 Å². The van der Waals surface area contributed by atoms with Crippen LogP contribution in [-0.4, -0.2) is 28.1 Å². The zero-order chi connectivity index (χ0) is 8.15. The van der Waals surface area contributed by atoms with Crippen LogP contribution in [0.25, 0.3) is 0 Å². The SMILES string of the molecule is O=C(O)CC(Cl)C(=O)CCl. The Balaban J connectivity index is 3.72. The van der Waals surface area contributed by atoms with E-state index < -0.39 is 17.1 Å². The van der Waals surface area contributed by atoms with Crippen molar-refractivity contribution in [2.24, 2.45) is 0 Å². The third kappa shape index (κ3) is 3.69. The fourth-order valence-corrected chi connectivity index (χ4v) is 0.825. The highest BCUT2D eigenvalue weighted by Gasteiger charge is 2.16. The van der Waals surface area contributed by atoms with Gasteiger partial charge in [0.1, 0.15) is 5.38 Å². The van der Waals surface area contributed by atoms with Gasteiger partial charge in [-0.25, -0.2) is 0 Å². The molecule has 0 heterocycles. The molecule has 0 saturated carbocycles. The van der Waals surface area contributed by atoms with Crippen molar-refractivity contribution in [3.05, 3.63) is 0 Å². The number of hydrogen-bond donors (Lipinski definition) is 1. The first kappa shape index (κ1) is 9.72. The Hall–Kier alpha value is -0.280. The van der Waals surface area contributed by atoms with Crippen molar-refractivity contribution in [3.63, 3.8) is 0 Å². The molecule has 10 heavy (non-hydrogen) atoms. The van der Waals surface area contributed by atoms with Crippen molar-refractivity contribution in [3.8, 4) is 0 Å². The number of carboxylic acids is 1. The Morgan fingerprint density at radius 1 is 1.50 bits per heavy atom. The maximum Gasteiger partial charge on any atom is 0.305 e. The van der Waals surface area contributed by atoms with E-state index in [1.54, 1.807) is 0 Å². The second kappa shape index (κ2) is 4.52. The Labute approximate surface area is 67.9 Å². The number of carbonyl (C=O) groups excluding carboxylic acids is 1. The summed E-state index contributed by atoms with van der Waals surface area (Å²) in [5, 5.41) is 7.16. The zero-order valence-electron chi connectivity index (χ0n) is 5.01. The molecule has 0 saturated heterocycles. The molecular formula is C5H6Cl2O3. The van der Waals surface area contributed by atoms with Crippen LogP contribution in [0.15, 0.2) is 0 Å². The quantitative estimate of drug-likeness (QED) is 0.661. The van der Waals surface area contributed by atoms with Crippen molar-refractivity contribution < 1.29 is 14.7 Å². The molecule has 5 heteroatoms. The summed E-state index contributed by atoms with van der Waals surface area (Å²) in [4.78, 5) is 20.5. The van der Waals surface area contributed by atoms with E-state index in [9.17, 15) is 9.59 Å². The lowest BCUT2D eigenvalue weighted by atomic mass is 10.2. The summed E-state index contributed by atoms with van der Waals surface area (Å²) in [6.07, 6.45) is -0.368. The van der Waals surface area contributed by atoms with E-state index in [1.807, 2.05) is 0 Å². The van der Waals surface area contributed by atoms with Crippen molar-refractivity contribution in [2.75, 3.05) is 5.88 Å². The van der Waals surface area contributed by atoms with Crippen molar-refractivity contribution in [2.45, 2.75) is 11.8 Å². The predicted octanol–water partition coefficient (Wildman–Crippen LogP) is 0.876. The third-order valence-corrected chi connectivity index (χ3v) is 1.50. The van der Waals surface area contributed by atoms with Gasteiger partial charge in [0.15, 0.2) is 5.78 Å². The average molecular weight is 185 g/mol. The number of Topliss-reactive ketones (excluding diaryl/α,β-unsaturated/α-hetero) is 1. The number of halogens is 2. The number of hydrogen-bond acceptors (Lipinski definition) is 2. The minimum atomic E-state index is -1.10. The summed E-state index contributed by atoms with van der Waals surface area (Å²) >= 11 is 10.4. The average Bonchev–Trinajstić information content (AvgIpc) is 1.85. The van der Waals surface area contributed by atoms with Crippen LogP contribution < -0.4 is 0 Å². The first-order valence-electron chi connectivity index (χ1n) is 2.52. The first-order chi connectivity index (χ1) is 4.57. The molecule has 0 aromatic heterocycles. The molecule has 1 unspecified atom stereocenters. The van der Waals surface area contributed by atoms with Gasteiger partial charge in [-0.05, 0) is 0 Å². The van der Waals surface area contributed by atoms with Gasteiger partial charge < -0.3 is 5.11 Å². The van der Waals surface area contributed by atoms with Crippen LogP contribution in [0.5, 0.6) is 0 Å². The zero-order valence-corrected chi connectivity index (χ0v) is 6.52. The fourth-order valence-electron chi connectivity index (χ4n) is 0.351. The Kier molecular flexibility index (Phi) is 4.40. The molecular weight excluding hydrogens is 179 g/mol. The molecule has 0 rings (SSSR count). The van der Waals surface area contributed by atoms with E-state index in [1.165, 1.54) is 0 Å². The summed E-state index contributed by atoms with van der Waals surface area (Å²) in [5.41, 5.74) is 0. The highest BCUT2D eigenvalue weighted by Crippen LogP contribution is 2.04. The molecule has 0 aliphatic heterocycles. The van der Waals surface area contributed by atoms with Gasteiger partial charge in [-0.2, -0.15) is 0 Å². The number of carboxylic acid groups (broad SMARTS) is 1. The van der Waals surface area contributed by atoms with Gasteiger partial charge in [-0.15, -0.1) is 23.2 Å². The summed E-state index contributed by atoms with van der Waals surface area (Å²) in [6.45, 7) is 0. The molecule has 0 radical (unpaired) electrons. The Morgan fingerprint density at radius 2 is 2.00 bits per heavy atom. The summed E-state index contributed by atoms with van der Waals surface area (Å²) in [5.74, 6) is -1.79. The number of ketones is 1. The van der Waals surface area contributed by atoms with E-state index in [0.29, 0.717) is 0 Å². The molecule has 0 bridgehead atoms. The lowest BCUT2D eigenvalue weighted by molar-refractivity contribution is -0.138. The lowest BCUT2D eigenvalue weighted by Gasteiger charge is -2.00. The molecule has 58 valence electrons. The van der Waals surface area contributed by atoms with Crippen molar-refractivity contribution >= 4 is 35.0 Å². The van der Waals surface area contributed by atoms with Gasteiger partial charge in [0, 0.05) is 0 Å². The van der Waals surface area contributed by atoms with Gasteiger partial charge in [0.2, 0.25) is 0 Å². The van der Waals surface area contributed by atoms with Gasteiger partial charge in [-0.3, -0.25) is 9.59 Å². The van der Waals surface area contributed by atoms with Crippen LogP contribution in [0.2, 0.25) is 0 Å². The molecule has 1 N–H and O–H groups in total. The second-order valence-corrected chi connectivity index (χ2v) is 2.46. The maximum atomic E-state index is 10.5. The summed E-state index contributed by atoms with van der Waals surface area (Å²) in [7, 11) is 0. The molecule has 0 aliphatic rings. The Bertz CT molecular complexity index is 146. The predicted molar refractivity (Wildman–Crippen MR) is 37.6 cm³/mol. The van der Waals surface area contributed by atoms with Crippen LogP contribution >= 0.6 is 23.2 Å². The monoisotopic (exact) mass is 184 g/mol. The molecule has 0 aliphatic carbocycles. The van der Waals surface area contributed by atoms with E-state index in [4.69, 9.17) is 28.3 Å². The molecule has 0 spiro atoms. The third-order valence-electron chi connectivity index (χ3n) is 0.835. The highest BCUT2D eigenvalue weighted by molar-refractivity contribution is 6.38. The minimum Gasteiger partial charge on any atom is -0.481 e. The molecule has 0 amide bonds. The first-order valence-corrected chi connectivity index (χ1v) is 3.49. The van der Waals surface area contributed by atoms with E-state index in [0.717, 1.165) is 0 Å². The Morgan fingerprint density at radius 3 is 2.30 bits per heavy atom. The van der Waals surface area contributed by atoms with Crippen LogP contribution in [-0.2, 0) is 9.59 Å². The van der Waals surface area contributed by atoms with Crippen LogP contribution in [0, 0.1) is 0 Å². The van der Waals surface area contributed by atoms with Gasteiger partial charge in [-0.1, -0.05) is 0 Å². The second-order valence-electron chi connectivity index (χ2n) is 1.67. The van der Waals surface area contributed by atoms with Gasteiger partial charge >= 0.3 is 5.97 Å². The normalized spacial score (nSPS) is 12.6. The lowest BCUT2D eigenvalue weighted by Crippen LogP contribution is -2.19.